The van der Waals surface area contributed by atoms with Crippen LogP contribution in [0.1, 0.15) is 0 Å². The molecule has 0 aliphatic carbocycles. The summed E-state index contributed by atoms with van der Waals surface area (Å²) in [5.41, 5.74) is 0. The van der Waals surface area contributed by atoms with E-state index in [1.807, 2.05) is 11.8 Å². The summed E-state index contributed by atoms with van der Waals surface area (Å²) in [5.74, 6) is 1.91. The Kier molecular flexibility index (Phi) is 7.91. The summed E-state index contributed by atoms with van der Waals surface area (Å²) in [6.45, 7) is 1.90. The molecular formula is C6H15NOS2. The Labute approximate surface area is 69.6 Å². The van der Waals surface area contributed by atoms with E-state index < -0.39 is 10.8 Å². The molecule has 4 heteroatoms. The Morgan fingerprint density at radius 3 is 2.70 bits per heavy atom. The minimum absolute atomic E-state index is 0.640. The average molecular weight is 181 g/mol. The largest absolute Gasteiger partial charge is 0.315 e. The lowest BCUT2D eigenvalue weighted by Crippen LogP contribution is -2.22. The molecule has 0 bridgehead atoms. The Morgan fingerprint density at radius 2 is 2.20 bits per heavy atom. The van der Waals surface area contributed by atoms with Gasteiger partial charge in [0.15, 0.2) is 0 Å². The zero-order valence-corrected chi connectivity index (χ0v) is 8.19. The highest BCUT2D eigenvalue weighted by molar-refractivity contribution is 7.98. The van der Waals surface area contributed by atoms with Gasteiger partial charge in [0.05, 0.1) is 0 Å². The van der Waals surface area contributed by atoms with Gasteiger partial charge in [-0.25, -0.2) is 0 Å². The first kappa shape index (κ1) is 10.5. The van der Waals surface area contributed by atoms with Crippen LogP contribution < -0.4 is 5.32 Å². The molecule has 2 nitrogen and oxygen atoms in total. The summed E-state index contributed by atoms with van der Waals surface area (Å²) in [4.78, 5) is 0. The van der Waals surface area contributed by atoms with Gasteiger partial charge in [-0.1, -0.05) is 0 Å². The van der Waals surface area contributed by atoms with Crippen molar-refractivity contribution in [2.24, 2.45) is 0 Å². The summed E-state index contributed by atoms with van der Waals surface area (Å²) in [7, 11) is -0.640. The molecule has 0 saturated carbocycles. The Morgan fingerprint density at radius 1 is 1.50 bits per heavy atom. The molecule has 0 aliphatic heterocycles. The van der Waals surface area contributed by atoms with E-state index in [2.05, 4.69) is 11.6 Å². The zero-order chi connectivity index (χ0) is 7.82. The van der Waals surface area contributed by atoms with Crippen LogP contribution in [-0.2, 0) is 10.8 Å². The van der Waals surface area contributed by atoms with Gasteiger partial charge in [-0.2, -0.15) is 11.8 Å². The molecule has 1 unspecified atom stereocenters. The third kappa shape index (κ3) is 8.46. The Balaban J connectivity index is 2.84. The van der Waals surface area contributed by atoms with Crippen LogP contribution in [0.3, 0.4) is 0 Å². The van der Waals surface area contributed by atoms with Crippen molar-refractivity contribution in [1.29, 1.82) is 0 Å². The minimum atomic E-state index is -0.640. The molecule has 0 rings (SSSR count). The highest BCUT2D eigenvalue weighted by atomic mass is 32.2. The molecule has 1 atom stereocenters. The second-order valence-electron chi connectivity index (χ2n) is 2.02. The molecule has 0 aliphatic rings. The van der Waals surface area contributed by atoms with Crippen molar-refractivity contribution >= 4 is 22.6 Å². The highest BCUT2D eigenvalue weighted by Gasteiger charge is 1.89. The van der Waals surface area contributed by atoms with Gasteiger partial charge >= 0.3 is 0 Å². The molecule has 0 saturated heterocycles. The molecule has 0 spiro atoms. The van der Waals surface area contributed by atoms with Crippen molar-refractivity contribution in [1.82, 2.24) is 5.32 Å². The highest BCUT2D eigenvalue weighted by Crippen LogP contribution is 1.86. The van der Waals surface area contributed by atoms with Crippen LogP contribution in [0.25, 0.3) is 0 Å². The lowest BCUT2D eigenvalue weighted by atomic mass is 10.7. The van der Waals surface area contributed by atoms with Crippen molar-refractivity contribution < 1.29 is 4.21 Å². The molecule has 10 heavy (non-hydrogen) atoms. The molecule has 62 valence electrons. The maximum atomic E-state index is 10.5. The van der Waals surface area contributed by atoms with E-state index in [9.17, 15) is 4.21 Å². The quantitative estimate of drug-likeness (QED) is 0.598. The lowest BCUT2D eigenvalue weighted by molar-refractivity contribution is 0.681. The third-order valence-electron chi connectivity index (χ3n) is 1.05. The predicted molar refractivity (Wildman–Crippen MR) is 50.2 cm³/mol. The van der Waals surface area contributed by atoms with E-state index in [1.165, 1.54) is 0 Å². The molecule has 0 aromatic rings. The maximum absolute atomic E-state index is 10.5. The maximum Gasteiger partial charge on any atom is 0.0357 e. The van der Waals surface area contributed by atoms with Gasteiger partial charge in [0.2, 0.25) is 0 Å². The molecule has 0 aromatic heterocycles. The summed E-state index contributed by atoms with van der Waals surface area (Å²) >= 11 is 1.82. The van der Waals surface area contributed by atoms with Gasteiger partial charge in [0.1, 0.15) is 0 Å². The van der Waals surface area contributed by atoms with E-state index in [1.54, 1.807) is 6.26 Å². The topological polar surface area (TPSA) is 29.1 Å². The number of rotatable bonds is 6. The second-order valence-corrected chi connectivity index (χ2v) is 4.56. The van der Waals surface area contributed by atoms with Gasteiger partial charge in [-0.05, 0) is 6.26 Å². The summed E-state index contributed by atoms with van der Waals surface area (Å²) in [6.07, 6.45) is 3.82. The summed E-state index contributed by atoms with van der Waals surface area (Å²) in [6, 6.07) is 0. The van der Waals surface area contributed by atoms with E-state index in [0.29, 0.717) is 0 Å². The van der Waals surface area contributed by atoms with Crippen LogP contribution in [0.2, 0.25) is 0 Å². The van der Waals surface area contributed by atoms with E-state index in [0.717, 1.165) is 24.6 Å². The predicted octanol–water partition coefficient (Wildman–Crippen LogP) is 0.317. The van der Waals surface area contributed by atoms with Gasteiger partial charge in [0, 0.05) is 41.7 Å². The van der Waals surface area contributed by atoms with Crippen LogP contribution in [0.4, 0.5) is 0 Å². The Hall–Kier alpha value is 0.460. The normalized spacial score (nSPS) is 13.4. The van der Waals surface area contributed by atoms with Crippen LogP contribution >= 0.6 is 11.8 Å². The molecule has 0 amide bonds. The molecule has 0 fully saturated rings. The molecule has 1 N–H and O–H groups in total. The monoisotopic (exact) mass is 181 g/mol. The van der Waals surface area contributed by atoms with Crippen LogP contribution in [0.5, 0.6) is 0 Å². The van der Waals surface area contributed by atoms with E-state index in [-0.39, 0.29) is 0 Å². The first-order valence-corrected chi connectivity index (χ1v) is 6.39. The SMILES string of the molecule is CSCCNCCS(C)=O. The fourth-order valence-electron chi connectivity index (χ4n) is 0.515. The first-order valence-electron chi connectivity index (χ1n) is 3.27. The molecule has 0 aromatic carbocycles. The van der Waals surface area contributed by atoms with Crippen molar-refractivity contribution in [2.75, 3.05) is 37.1 Å². The number of nitrogens with one attached hydrogen (secondary N) is 1. The van der Waals surface area contributed by atoms with Crippen molar-refractivity contribution in [3.63, 3.8) is 0 Å². The van der Waals surface area contributed by atoms with Crippen LogP contribution in [-0.4, -0.2) is 41.3 Å². The number of hydrogen-bond donors (Lipinski definition) is 1. The second kappa shape index (κ2) is 7.57. The van der Waals surface area contributed by atoms with Crippen molar-refractivity contribution in [3.8, 4) is 0 Å². The fraction of sp³-hybridized carbons (Fsp3) is 1.00. The van der Waals surface area contributed by atoms with E-state index >= 15 is 0 Å². The summed E-state index contributed by atoms with van der Waals surface area (Å²) < 4.78 is 10.5. The van der Waals surface area contributed by atoms with Gasteiger partial charge < -0.3 is 5.32 Å². The van der Waals surface area contributed by atoms with E-state index in [4.69, 9.17) is 0 Å². The molecule has 0 radical (unpaired) electrons. The first-order chi connectivity index (χ1) is 4.77. The minimum Gasteiger partial charge on any atom is -0.315 e. The fourth-order valence-corrected chi connectivity index (χ4v) is 1.30. The van der Waals surface area contributed by atoms with Gasteiger partial charge in [-0.15, -0.1) is 0 Å². The van der Waals surface area contributed by atoms with Crippen molar-refractivity contribution in [2.45, 2.75) is 0 Å². The third-order valence-corrected chi connectivity index (χ3v) is 2.44. The van der Waals surface area contributed by atoms with Crippen LogP contribution in [0, 0.1) is 0 Å². The van der Waals surface area contributed by atoms with Crippen LogP contribution in [0.15, 0.2) is 0 Å². The average Bonchev–Trinajstić information content (AvgIpc) is 1.87. The van der Waals surface area contributed by atoms with Gasteiger partial charge in [0.25, 0.3) is 0 Å². The zero-order valence-electron chi connectivity index (χ0n) is 6.55. The standard InChI is InChI=1S/C6H15NOS2/c1-9-5-3-7-4-6-10(2)8/h7H,3-6H2,1-2H3. The Bertz CT molecular complexity index is 97.7. The molecular weight excluding hydrogens is 166 g/mol. The smallest absolute Gasteiger partial charge is 0.0357 e. The molecule has 0 heterocycles. The van der Waals surface area contributed by atoms with Crippen molar-refractivity contribution in [3.05, 3.63) is 0 Å². The number of thioether (sulfide) groups is 1. The number of hydrogen-bond acceptors (Lipinski definition) is 3. The van der Waals surface area contributed by atoms with Gasteiger partial charge in [-0.3, -0.25) is 4.21 Å². The summed E-state index contributed by atoms with van der Waals surface area (Å²) in [5, 5.41) is 3.20. The lowest BCUT2D eigenvalue weighted by Gasteiger charge is -1.99.